The third kappa shape index (κ3) is 43.0. The Labute approximate surface area is 806 Å². The van der Waals surface area contributed by atoms with Gasteiger partial charge in [-0.2, -0.15) is 10.4 Å². The van der Waals surface area contributed by atoms with Gasteiger partial charge in [0.1, 0.15) is 34.5 Å². The average Bonchev–Trinajstić information content (AvgIpc) is 1.67. The number of hydrogen-bond donors (Lipinski definition) is 8. The Bertz CT molecular complexity index is 5670. The number of aryl methyl sites for hydroxylation is 10. The number of ether oxygens (including phenoxy) is 12. The molecule has 33 heteroatoms. The minimum absolute atomic E-state index is 0.00954. The lowest BCUT2D eigenvalue weighted by molar-refractivity contribution is -0.152. The molecular formula is C105H133N5O28. The highest BCUT2D eigenvalue weighted by Crippen LogP contribution is 2.36. The van der Waals surface area contributed by atoms with Crippen molar-refractivity contribution in [1.82, 2.24) is 25.8 Å². The van der Waals surface area contributed by atoms with E-state index in [1.54, 1.807) is 38.3 Å². The zero-order valence-corrected chi connectivity index (χ0v) is 83.0. The molecule has 11 aromatic rings. The topological polar surface area (TPSA) is 469 Å². The largest absolute Gasteiger partial charge is 0.496 e. The van der Waals surface area contributed by atoms with Gasteiger partial charge in [-0.25, -0.2) is 14.4 Å². The summed E-state index contributed by atoms with van der Waals surface area (Å²) in [5, 5.41) is 68.5. The third-order valence-corrected chi connectivity index (χ3v) is 18.8. The fourth-order valence-electron chi connectivity index (χ4n) is 11.9. The van der Waals surface area contributed by atoms with Crippen LogP contribution in [0.1, 0.15) is 175 Å². The number of carbonyl (C=O) groups excluding carboxylic acids is 2. The van der Waals surface area contributed by atoms with Crippen molar-refractivity contribution < 1.29 is 130 Å². The second-order valence-electron chi connectivity index (χ2n) is 31.1. The van der Waals surface area contributed by atoms with Gasteiger partial charge < -0.3 is 92.0 Å². The van der Waals surface area contributed by atoms with Crippen LogP contribution in [0.2, 0.25) is 0 Å². The number of aromatic amines is 2. The highest BCUT2D eigenvalue weighted by molar-refractivity contribution is 6.36. The van der Waals surface area contributed by atoms with Crippen molar-refractivity contribution in [2.75, 3.05) is 66.6 Å². The number of nitrogens with zero attached hydrogens (tertiary/aromatic N) is 3. The number of ketones is 2. The Morgan fingerprint density at radius 1 is 0.399 bits per heavy atom. The molecule has 8 N–H and O–H groups in total. The molecule has 0 spiro atoms. The normalized spacial score (nSPS) is 10.6. The molecule has 2 heterocycles. The van der Waals surface area contributed by atoms with Crippen molar-refractivity contribution in [3.8, 4) is 91.7 Å². The van der Waals surface area contributed by atoms with Crippen LogP contribution in [0.15, 0.2) is 179 Å². The number of nitrogens with one attached hydrogen (secondary N) is 2. The summed E-state index contributed by atoms with van der Waals surface area (Å²) in [7, 11) is 1.59. The number of carboxylic acid groups (broad SMARTS) is 6. The lowest BCUT2D eigenvalue weighted by Crippen LogP contribution is -2.38. The van der Waals surface area contributed by atoms with Crippen LogP contribution in [0.25, 0.3) is 22.7 Å². The molecule has 138 heavy (non-hydrogen) atoms. The average molecular weight is 1910 g/mol. The quantitative estimate of drug-likeness (QED) is 0.0167. The standard InChI is InChI=1S/C13H18O4.C13H16O3.C12H16O4.2C12H16O3.C11H11NO3.C11H14O4.C11H14O3.C10H12N4O/c1-5-16-11-8-9(2)6-7-10(11)17-13(3,4)12(14)15;1-4-16-13-7-9(2)5-6-11(13)8-12(15)10(3)14;1-4-15-11-7-8(2)5-6-10(11)16-9(3)12(13)14;1-4-15-11-7-8(2)5-6-10(11)9(3)12(13)14;1-3-15-11-8-9(2)4-5-10(11)6-7-12(13)14;1-7-3-4-8(9(5-7)14-2)10-6-11(13)12-15-10;1-3-14-10-6-8(2)4-5-9(10)15-7-11(12)13;1-3-14-10-6-8(2)4-5-9(10)7-11(12)13;1-3-15-9-6-7(2)4-5-8(9)10-11-13-14-12-10/h6-8H,5H2,1-4H3,(H,14,15);5-7H,4,8H2,1-3H3;5-7,9H,4H2,1-3H3,(H,13,14);5-7,9H,4H2,1-3H3,(H,13,14);4-5,8H,3,6-7H2,1-2H3,(H,13,14);3-6H,1-2H3,(H,12,13);4-6H,3,7H2,1-2H3,(H,12,13);4-6H,3,7H2,1-2H3,(H,12,13);4-6H,3H2,1-2H3,(H,11,12,13,14). The number of benzene rings is 9. The molecule has 0 saturated carbocycles. The van der Waals surface area contributed by atoms with Crippen LogP contribution in [0.5, 0.6) is 69.0 Å². The number of H-pyrrole nitrogens is 2. The highest BCUT2D eigenvalue weighted by atomic mass is 16.6. The van der Waals surface area contributed by atoms with E-state index in [-0.39, 0.29) is 37.2 Å². The Morgan fingerprint density at radius 2 is 0.775 bits per heavy atom. The van der Waals surface area contributed by atoms with Gasteiger partial charge in [-0.3, -0.25) is 28.8 Å². The van der Waals surface area contributed by atoms with Gasteiger partial charge in [0.25, 0.3) is 5.56 Å². The Morgan fingerprint density at radius 3 is 1.19 bits per heavy atom. The summed E-state index contributed by atoms with van der Waals surface area (Å²) in [5.74, 6) is 1.67. The maximum atomic E-state index is 11.3. The molecule has 0 bridgehead atoms. The molecule has 0 aliphatic carbocycles. The molecule has 2 atom stereocenters. The molecule has 0 fully saturated rings. The van der Waals surface area contributed by atoms with Crippen LogP contribution in [0, 0.1) is 62.3 Å². The summed E-state index contributed by atoms with van der Waals surface area (Å²) in [6.07, 6.45) is -0.101. The molecule has 2 unspecified atom stereocenters. The van der Waals surface area contributed by atoms with Crippen molar-refractivity contribution in [2.45, 2.75) is 196 Å². The van der Waals surface area contributed by atoms with E-state index in [1.165, 1.54) is 33.8 Å². The van der Waals surface area contributed by atoms with Crippen molar-refractivity contribution in [3.05, 3.63) is 253 Å². The van der Waals surface area contributed by atoms with Gasteiger partial charge in [-0.15, -0.1) is 10.2 Å². The van der Waals surface area contributed by atoms with Crippen LogP contribution in [0.4, 0.5) is 0 Å². The number of aliphatic carboxylic acids is 6. The molecule has 9 aromatic carbocycles. The number of aromatic nitrogens is 5. The van der Waals surface area contributed by atoms with E-state index < -0.39 is 59.2 Å². The molecule has 33 nitrogen and oxygen atoms in total. The predicted molar refractivity (Wildman–Crippen MR) is 524 cm³/mol. The van der Waals surface area contributed by atoms with E-state index >= 15 is 0 Å². The minimum Gasteiger partial charge on any atom is -0.496 e. The Balaban J connectivity index is 0.000000400. The molecule has 746 valence electrons. The second-order valence-corrected chi connectivity index (χ2v) is 31.1. The summed E-state index contributed by atoms with van der Waals surface area (Å²) >= 11 is 0. The zero-order valence-electron chi connectivity index (χ0n) is 83.0. The van der Waals surface area contributed by atoms with Gasteiger partial charge in [0.05, 0.1) is 89.5 Å². The van der Waals surface area contributed by atoms with E-state index in [0.29, 0.717) is 128 Å². The second kappa shape index (κ2) is 61.7. The molecule has 0 aliphatic rings. The maximum absolute atomic E-state index is 11.3. The first-order valence-electron chi connectivity index (χ1n) is 44.7. The van der Waals surface area contributed by atoms with E-state index in [0.717, 1.165) is 95.0 Å². The minimum atomic E-state index is -1.28. The van der Waals surface area contributed by atoms with Gasteiger partial charge in [-0.1, -0.05) is 78.9 Å². The van der Waals surface area contributed by atoms with E-state index in [9.17, 15) is 43.2 Å². The lowest BCUT2D eigenvalue weighted by atomic mass is 9.99. The maximum Gasteiger partial charge on any atom is 0.347 e. The lowest BCUT2D eigenvalue weighted by Gasteiger charge is -2.23. The van der Waals surface area contributed by atoms with Gasteiger partial charge >= 0.3 is 35.8 Å². The predicted octanol–water partition coefficient (Wildman–Crippen LogP) is 19.4. The summed E-state index contributed by atoms with van der Waals surface area (Å²) in [4.78, 5) is 97.1. The summed E-state index contributed by atoms with van der Waals surface area (Å²) in [5.41, 5.74) is 13.0. The van der Waals surface area contributed by atoms with Crippen LogP contribution in [-0.4, -0.2) is 182 Å². The van der Waals surface area contributed by atoms with Crippen LogP contribution in [0.3, 0.4) is 0 Å². The van der Waals surface area contributed by atoms with Crippen molar-refractivity contribution in [1.29, 1.82) is 0 Å². The molecule has 11 rings (SSSR count). The van der Waals surface area contributed by atoms with Crippen molar-refractivity contribution in [2.24, 2.45) is 0 Å². The van der Waals surface area contributed by atoms with Gasteiger partial charge in [0.2, 0.25) is 11.6 Å². The number of rotatable bonds is 38. The van der Waals surface area contributed by atoms with E-state index in [2.05, 4.69) is 25.8 Å². The van der Waals surface area contributed by atoms with Gasteiger partial charge in [0, 0.05) is 36.5 Å². The van der Waals surface area contributed by atoms with Crippen molar-refractivity contribution in [3.63, 3.8) is 0 Å². The van der Waals surface area contributed by atoms with Gasteiger partial charge in [0.15, 0.2) is 64.4 Å². The number of carbonyl (C=O) groups is 8. The summed E-state index contributed by atoms with van der Waals surface area (Å²) in [6, 6.07) is 51.8. The Kier molecular flexibility index (Phi) is 52.3. The zero-order chi connectivity index (χ0) is 103. The molecule has 0 aliphatic heterocycles. The molecule has 0 saturated heterocycles. The molecule has 0 amide bonds. The van der Waals surface area contributed by atoms with E-state index in [4.69, 9.17) is 92.0 Å². The highest BCUT2D eigenvalue weighted by Gasteiger charge is 2.31. The fourth-order valence-corrected chi connectivity index (χ4v) is 11.9. The monoisotopic (exact) mass is 1910 g/mol. The molecular weight excluding hydrogens is 1780 g/mol. The summed E-state index contributed by atoms with van der Waals surface area (Å²) < 4.78 is 69.4. The number of hydrogen-bond acceptors (Lipinski definition) is 25. The first-order valence-corrected chi connectivity index (χ1v) is 44.7. The number of Topliss-reactive ketones (excluding diaryl/α,β-unsaturated/α-hetero) is 2. The summed E-state index contributed by atoms with van der Waals surface area (Å²) in [6.45, 7) is 44.3. The van der Waals surface area contributed by atoms with Crippen molar-refractivity contribution >= 4 is 47.4 Å². The van der Waals surface area contributed by atoms with Crippen LogP contribution >= 0.6 is 0 Å². The van der Waals surface area contributed by atoms with Crippen LogP contribution in [-0.2, 0) is 57.6 Å². The van der Waals surface area contributed by atoms with E-state index in [1.807, 2.05) is 257 Å². The number of methoxy groups -OCH3 is 1. The van der Waals surface area contributed by atoms with Gasteiger partial charge in [-0.05, 0) is 298 Å². The molecule has 0 radical (unpaired) electrons. The molecule has 2 aromatic heterocycles. The van der Waals surface area contributed by atoms with Crippen LogP contribution < -0.4 is 62.4 Å². The number of tetrazole rings is 1. The Hall–Kier alpha value is -15.2. The SMILES string of the molecule is CCOc1cc(C)ccc1-c1nn[nH]n1.CCOc1cc(C)ccc1C(C)C(=O)O.CCOc1cc(C)ccc1CC(=O)C(C)=O.CCOc1cc(C)ccc1CC(=O)O.CCOc1cc(C)ccc1CCC(=O)O.CCOc1cc(C)ccc1OC(C)(C)C(=O)O.CCOc1cc(C)ccc1OC(C)C(=O)O.CCOc1cc(C)ccc1OCC(=O)O.COc1cc(C)ccc1-c1cc(=O)[nH]o1. The first-order chi connectivity index (χ1) is 65.4. The third-order valence-electron chi connectivity index (χ3n) is 18.8. The fraction of sp³-hybridized carbons (Fsp3) is 0.371. The number of carboxylic acids is 6. The smallest absolute Gasteiger partial charge is 0.347 e. The first kappa shape index (κ1) is 117.